The summed E-state index contributed by atoms with van der Waals surface area (Å²) in [5.74, 6) is 0.678. The van der Waals surface area contributed by atoms with Gasteiger partial charge in [-0.05, 0) is 42.8 Å². The molecule has 112 valence electrons. The normalized spacial score (nSPS) is 22.7. The number of rotatable bonds is 4. The Morgan fingerprint density at radius 1 is 1.33 bits per heavy atom. The van der Waals surface area contributed by atoms with Gasteiger partial charge in [-0.25, -0.2) is 0 Å². The van der Waals surface area contributed by atoms with Crippen LogP contribution in [0.4, 0.5) is 5.69 Å². The molecule has 0 radical (unpaired) electrons. The van der Waals surface area contributed by atoms with Crippen LogP contribution in [0.1, 0.15) is 26.7 Å². The first-order valence-corrected chi connectivity index (χ1v) is 8.10. The van der Waals surface area contributed by atoms with E-state index in [0.29, 0.717) is 12.0 Å². The van der Waals surface area contributed by atoms with Crippen molar-refractivity contribution in [2.24, 2.45) is 5.92 Å². The number of nitrogens with one attached hydrogen (secondary N) is 1. The van der Waals surface area contributed by atoms with Gasteiger partial charge in [0.15, 0.2) is 0 Å². The van der Waals surface area contributed by atoms with Crippen LogP contribution in [0.25, 0.3) is 10.8 Å². The van der Waals surface area contributed by atoms with Crippen LogP contribution in [0.5, 0.6) is 0 Å². The Kier molecular flexibility index (Phi) is 4.39. The molecule has 0 aliphatic carbocycles. The molecule has 2 unspecified atom stereocenters. The zero-order valence-corrected chi connectivity index (χ0v) is 13.0. The lowest BCUT2D eigenvalue weighted by atomic mass is 9.93. The second kappa shape index (κ2) is 6.44. The second-order valence-electron chi connectivity index (χ2n) is 6.15. The minimum absolute atomic E-state index is 0.661. The van der Waals surface area contributed by atoms with Gasteiger partial charge in [-0.15, -0.1) is 0 Å². The maximum absolute atomic E-state index is 4.30. The summed E-state index contributed by atoms with van der Waals surface area (Å²) < 4.78 is 0. The van der Waals surface area contributed by atoms with Gasteiger partial charge in [0.2, 0.25) is 0 Å². The minimum Gasteiger partial charge on any atom is -0.371 e. The third-order valence-electron chi connectivity index (χ3n) is 4.56. The monoisotopic (exact) mass is 283 g/mol. The Morgan fingerprint density at radius 2 is 2.24 bits per heavy atom. The van der Waals surface area contributed by atoms with Gasteiger partial charge >= 0.3 is 0 Å². The third-order valence-corrected chi connectivity index (χ3v) is 4.56. The van der Waals surface area contributed by atoms with Crippen LogP contribution < -0.4 is 10.2 Å². The van der Waals surface area contributed by atoms with Crippen LogP contribution >= 0.6 is 0 Å². The molecule has 1 saturated heterocycles. The zero-order valence-electron chi connectivity index (χ0n) is 13.0. The van der Waals surface area contributed by atoms with Gasteiger partial charge in [0.1, 0.15) is 0 Å². The van der Waals surface area contributed by atoms with Gasteiger partial charge in [-0.3, -0.25) is 4.98 Å². The molecule has 1 aromatic heterocycles. The summed E-state index contributed by atoms with van der Waals surface area (Å²) in [6.07, 6.45) is 6.30. The van der Waals surface area contributed by atoms with E-state index in [9.17, 15) is 0 Å². The molecule has 1 aliphatic heterocycles. The van der Waals surface area contributed by atoms with Crippen molar-refractivity contribution in [3.05, 3.63) is 36.7 Å². The van der Waals surface area contributed by atoms with E-state index in [1.54, 1.807) is 0 Å². The molecular formula is C18H25N3. The fourth-order valence-corrected chi connectivity index (χ4v) is 3.37. The standard InChI is InChI=1S/C18H25N3/c1-3-9-20-17-8-11-21(13-14(17)2)18-6-4-5-15-7-10-19-12-16(15)18/h4-7,10,12,14,17,20H,3,8-9,11,13H2,1-2H3. The summed E-state index contributed by atoms with van der Waals surface area (Å²) in [7, 11) is 0. The molecule has 1 fully saturated rings. The number of hydrogen-bond donors (Lipinski definition) is 1. The summed E-state index contributed by atoms with van der Waals surface area (Å²) in [4.78, 5) is 6.83. The van der Waals surface area contributed by atoms with Crippen molar-refractivity contribution >= 4 is 16.5 Å². The first-order valence-electron chi connectivity index (χ1n) is 8.10. The fourth-order valence-electron chi connectivity index (χ4n) is 3.37. The van der Waals surface area contributed by atoms with Crippen molar-refractivity contribution in [2.45, 2.75) is 32.7 Å². The number of benzene rings is 1. The summed E-state index contributed by atoms with van der Waals surface area (Å²) in [6.45, 7) is 7.97. The van der Waals surface area contributed by atoms with Gasteiger partial charge in [0.25, 0.3) is 0 Å². The lowest BCUT2D eigenvalue weighted by molar-refractivity contribution is 0.322. The number of anilines is 1. The molecule has 1 aromatic carbocycles. The van der Waals surface area contributed by atoms with Gasteiger partial charge in [0, 0.05) is 42.6 Å². The minimum atomic E-state index is 0.661. The molecule has 0 spiro atoms. The first-order chi connectivity index (χ1) is 10.3. The molecular weight excluding hydrogens is 258 g/mol. The summed E-state index contributed by atoms with van der Waals surface area (Å²) in [5, 5.41) is 6.24. The molecule has 0 saturated carbocycles. The maximum atomic E-state index is 4.30. The van der Waals surface area contributed by atoms with Crippen LogP contribution in [0, 0.1) is 5.92 Å². The molecule has 2 heterocycles. The van der Waals surface area contributed by atoms with Gasteiger partial charge in [-0.1, -0.05) is 26.0 Å². The highest BCUT2D eigenvalue weighted by Gasteiger charge is 2.26. The Labute approximate surface area is 127 Å². The molecule has 21 heavy (non-hydrogen) atoms. The Balaban J connectivity index is 1.79. The largest absolute Gasteiger partial charge is 0.371 e. The number of fused-ring (bicyclic) bond motifs is 1. The van der Waals surface area contributed by atoms with E-state index in [4.69, 9.17) is 0 Å². The van der Waals surface area contributed by atoms with Gasteiger partial charge in [-0.2, -0.15) is 0 Å². The van der Waals surface area contributed by atoms with Gasteiger partial charge in [0.05, 0.1) is 0 Å². The van der Waals surface area contributed by atoms with Crippen LogP contribution in [-0.2, 0) is 0 Å². The summed E-state index contributed by atoms with van der Waals surface area (Å²) >= 11 is 0. The van der Waals surface area contributed by atoms with Crippen molar-refractivity contribution in [1.82, 2.24) is 10.3 Å². The Bertz CT molecular complexity index is 591. The Morgan fingerprint density at radius 3 is 3.05 bits per heavy atom. The molecule has 1 N–H and O–H groups in total. The zero-order chi connectivity index (χ0) is 14.7. The molecule has 3 rings (SSSR count). The SMILES string of the molecule is CCCNC1CCN(c2cccc3ccncc23)CC1C. The van der Waals surface area contributed by atoms with Crippen LogP contribution in [0.3, 0.4) is 0 Å². The van der Waals surface area contributed by atoms with E-state index in [-0.39, 0.29) is 0 Å². The smallest absolute Gasteiger partial charge is 0.0461 e. The lowest BCUT2D eigenvalue weighted by Gasteiger charge is -2.39. The van der Waals surface area contributed by atoms with Crippen LogP contribution in [0.15, 0.2) is 36.7 Å². The fraction of sp³-hybridized carbons (Fsp3) is 0.500. The molecule has 3 nitrogen and oxygen atoms in total. The molecule has 2 atom stereocenters. The van der Waals surface area contributed by atoms with Crippen molar-refractivity contribution in [3.63, 3.8) is 0 Å². The van der Waals surface area contributed by atoms with E-state index in [1.807, 2.05) is 12.4 Å². The van der Waals surface area contributed by atoms with Crippen LogP contribution in [0.2, 0.25) is 0 Å². The maximum Gasteiger partial charge on any atom is 0.0461 e. The van der Waals surface area contributed by atoms with Crippen molar-refractivity contribution < 1.29 is 0 Å². The van der Waals surface area contributed by atoms with Crippen molar-refractivity contribution in [3.8, 4) is 0 Å². The van der Waals surface area contributed by atoms with E-state index in [1.165, 1.54) is 29.3 Å². The Hall–Kier alpha value is -1.61. The predicted octanol–water partition coefficient (Wildman–Crippen LogP) is 3.45. The van der Waals surface area contributed by atoms with Crippen LogP contribution in [-0.4, -0.2) is 30.7 Å². The molecule has 1 aliphatic rings. The number of nitrogens with zero attached hydrogens (tertiary/aromatic N) is 2. The van der Waals surface area contributed by atoms with E-state index < -0.39 is 0 Å². The average molecular weight is 283 g/mol. The van der Waals surface area contributed by atoms with E-state index in [0.717, 1.165) is 19.6 Å². The highest BCUT2D eigenvalue weighted by atomic mass is 15.2. The summed E-state index contributed by atoms with van der Waals surface area (Å²) in [5.41, 5.74) is 1.33. The predicted molar refractivity (Wildman–Crippen MR) is 89.8 cm³/mol. The van der Waals surface area contributed by atoms with Gasteiger partial charge < -0.3 is 10.2 Å². The highest BCUT2D eigenvalue weighted by Crippen LogP contribution is 2.29. The molecule has 0 bridgehead atoms. The number of hydrogen-bond acceptors (Lipinski definition) is 3. The van der Waals surface area contributed by atoms with E-state index >= 15 is 0 Å². The lowest BCUT2D eigenvalue weighted by Crippen LogP contribution is -2.48. The number of piperidine rings is 1. The average Bonchev–Trinajstić information content (AvgIpc) is 2.53. The summed E-state index contributed by atoms with van der Waals surface area (Å²) in [6, 6.07) is 9.31. The highest BCUT2D eigenvalue weighted by molar-refractivity contribution is 5.93. The second-order valence-corrected chi connectivity index (χ2v) is 6.15. The quantitative estimate of drug-likeness (QED) is 0.931. The third kappa shape index (κ3) is 3.03. The molecule has 3 heteroatoms. The topological polar surface area (TPSA) is 28.2 Å². The molecule has 0 amide bonds. The number of aromatic nitrogens is 1. The first kappa shape index (κ1) is 14.3. The molecule has 2 aromatic rings. The van der Waals surface area contributed by atoms with Crippen molar-refractivity contribution in [2.75, 3.05) is 24.5 Å². The van der Waals surface area contributed by atoms with Crippen molar-refractivity contribution in [1.29, 1.82) is 0 Å². The van der Waals surface area contributed by atoms with E-state index in [2.05, 4.69) is 53.3 Å². The number of pyridine rings is 1.